The Balaban J connectivity index is 2.26. The molecule has 0 N–H and O–H groups in total. The van der Waals surface area contributed by atoms with Crippen LogP contribution in [0.25, 0.3) is 0 Å². The number of rotatable bonds is 3. The second-order valence-corrected chi connectivity index (χ2v) is 4.31. The van der Waals surface area contributed by atoms with Crippen LogP contribution in [0, 0.1) is 5.41 Å². The predicted octanol–water partition coefficient (Wildman–Crippen LogP) is 0.890. The summed E-state index contributed by atoms with van der Waals surface area (Å²) in [6, 6.07) is 0. The molecule has 2 heteroatoms. The maximum atomic E-state index is 2.40. The van der Waals surface area contributed by atoms with Crippen molar-refractivity contribution in [2.45, 2.75) is 13.8 Å². The molecule has 2 nitrogen and oxygen atoms in total. The Bertz CT molecular complexity index is 128. The topological polar surface area (TPSA) is 6.48 Å². The van der Waals surface area contributed by atoms with Crippen molar-refractivity contribution in [1.82, 2.24) is 9.80 Å². The van der Waals surface area contributed by atoms with Gasteiger partial charge in [-0.1, -0.05) is 13.8 Å². The van der Waals surface area contributed by atoms with Gasteiger partial charge < -0.3 is 9.80 Å². The zero-order chi connectivity index (χ0) is 8.48. The molecule has 0 aliphatic carbocycles. The molecule has 11 heavy (non-hydrogen) atoms. The van der Waals surface area contributed by atoms with Crippen LogP contribution in [0.15, 0.2) is 0 Å². The highest BCUT2D eigenvalue weighted by molar-refractivity contribution is 4.91. The second-order valence-electron chi connectivity index (χ2n) is 4.31. The van der Waals surface area contributed by atoms with E-state index in [9.17, 15) is 0 Å². The minimum absolute atomic E-state index is 0.569. The van der Waals surface area contributed by atoms with Gasteiger partial charge in [-0.05, 0) is 20.6 Å². The fourth-order valence-corrected chi connectivity index (χ4v) is 2.12. The van der Waals surface area contributed by atoms with Crippen molar-refractivity contribution in [2.75, 3.05) is 40.3 Å². The van der Waals surface area contributed by atoms with E-state index in [2.05, 4.69) is 37.7 Å². The first kappa shape index (κ1) is 9.01. The number of hydrogen-bond acceptors (Lipinski definition) is 2. The molecule has 0 amide bonds. The summed E-state index contributed by atoms with van der Waals surface area (Å²) in [4.78, 5) is 4.77. The first-order chi connectivity index (χ1) is 5.06. The molecular formula is C9H20N2. The average molecular weight is 156 g/mol. The van der Waals surface area contributed by atoms with E-state index in [-0.39, 0.29) is 0 Å². The minimum atomic E-state index is 0.569. The van der Waals surface area contributed by atoms with Gasteiger partial charge in [0.25, 0.3) is 0 Å². The number of hydrogen-bond donors (Lipinski definition) is 0. The highest BCUT2D eigenvalue weighted by Crippen LogP contribution is 2.28. The SMILES string of the molecule is CCN(C)CC1(C)CN(C)C1. The van der Waals surface area contributed by atoms with Crippen LogP contribution >= 0.6 is 0 Å². The lowest BCUT2D eigenvalue weighted by Crippen LogP contribution is -2.57. The Hall–Kier alpha value is -0.0800. The van der Waals surface area contributed by atoms with E-state index in [4.69, 9.17) is 0 Å². The summed E-state index contributed by atoms with van der Waals surface area (Å²) in [7, 11) is 4.39. The molecule has 1 aliphatic rings. The third-order valence-corrected chi connectivity index (χ3v) is 2.49. The molecule has 1 fully saturated rings. The van der Waals surface area contributed by atoms with E-state index < -0.39 is 0 Å². The molecule has 1 saturated heterocycles. The molecule has 0 unspecified atom stereocenters. The minimum Gasteiger partial charge on any atom is -0.306 e. The lowest BCUT2D eigenvalue weighted by atomic mass is 9.82. The van der Waals surface area contributed by atoms with Crippen LogP contribution in [0.5, 0.6) is 0 Å². The summed E-state index contributed by atoms with van der Waals surface area (Å²) in [5.74, 6) is 0. The van der Waals surface area contributed by atoms with Crippen molar-refractivity contribution in [1.29, 1.82) is 0 Å². The van der Waals surface area contributed by atoms with Gasteiger partial charge in [-0.15, -0.1) is 0 Å². The molecule has 0 atom stereocenters. The highest BCUT2D eigenvalue weighted by Gasteiger charge is 2.36. The quantitative estimate of drug-likeness (QED) is 0.599. The van der Waals surface area contributed by atoms with Crippen LogP contribution in [-0.4, -0.2) is 50.1 Å². The first-order valence-electron chi connectivity index (χ1n) is 4.43. The Morgan fingerprint density at radius 1 is 1.45 bits per heavy atom. The molecule has 0 spiro atoms. The molecule has 1 aliphatic heterocycles. The van der Waals surface area contributed by atoms with Crippen molar-refractivity contribution in [3.63, 3.8) is 0 Å². The fourth-order valence-electron chi connectivity index (χ4n) is 2.12. The monoisotopic (exact) mass is 156 g/mol. The van der Waals surface area contributed by atoms with E-state index in [0.717, 1.165) is 0 Å². The maximum Gasteiger partial charge on any atom is 0.00571 e. The van der Waals surface area contributed by atoms with Gasteiger partial charge in [-0.3, -0.25) is 0 Å². The van der Waals surface area contributed by atoms with Gasteiger partial charge in [0.15, 0.2) is 0 Å². The van der Waals surface area contributed by atoms with Gasteiger partial charge in [-0.25, -0.2) is 0 Å². The molecule has 66 valence electrons. The molecule has 0 radical (unpaired) electrons. The van der Waals surface area contributed by atoms with Crippen molar-refractivity contribution < 1.29 is 0 Å². The molecular weight excluding hydrogens is 136 g/mol. The van der Waals surface area contributed by atoms with Crippen molar-refractivity contribution in [2.24, 2.45) is 5.41 Å². The molecule has 0 saturated carbocycles. The first-order valence-corrected chi connectivity index (χ1v) is 4.43. The Kier molecular flexibility index (Phi) is 2.55. The lowest BCUT2D eigenvalue weighted by Gasteiger charge is -2.48. The zero-order valence-corrected chi connectivity index (χ0v) is 8.22. The van der Waals surface area contributed by atoms with Gasteiger partial charge in [-0.2, -0.15) is 0 Å². The normalized spacial score (nSPS) is 23.7. The average Bonchev–Trinajstić information content (AvgIpc) is 1.84. The van der Waals surface area contributed by atoms with Crippen LogP contribution in [0.2, 0.25) is 0 Å². The van der Waals surface area contributed by atoms with Crippen molar-refractivity contribution >= 4 is 0 Å². The second kappa shape index (κ2) is 3.11. The van der Waals surface area contributed by atoms with Gasteiger partial charge in [0.2, 0.25) is 0 Å². The van der Waals surface area contributed by atoms with Crippen molar-refractivity contribution in [3.05, 3.63) is 0 Å². The molecule has 1 rings (SSSR count). The van der Waals surface area contributed by atoms with E-state index in [1.807, 2.05) is 0 Å². The van der Waals surface area contributed by atoms with Crippen LogP contribution in [0.1, 0.15) is 13.8 Å². The van der Waals surface area contributed by atoms with E-state index in [0.29, 0.717) is 5.41 Å². The fraction of sp³-hybridized carbons (Fsp3) is 1.00. The third kappa shape index (κ3) is 2.17. The number of likely N-dealkylation sites (tertiary alicyclic amines) is 1. The van der Waals surface area contributed by atoms with E-state index in [1.165, 1.54) is 26.2 Å². The predicted molar refractivity (Wildman–Crippen MR) is 48.8 cm³/mol. The standard InChI is InChI=1S/C9H20N2/c1-5-10(3)6-9(2)7-11(4)8-9/h5-8H2,1-4H3. The van der Waals surface area contributed by atoms with Crippen LogP contribution in [0.3, 0.4) is 0 Å². The van der Waals surface area contributed by atoms with E-state index in [1.54, 1.807) is 0 Å². The molecule has 0 aromatic carbocycles. The van der Waals surface area contributed by atoms with Gasteiger partial charge in [0, 0.05) is 25.0 Å². The van der Waals surface area contributed by atoms with Gasteiger partial charge in [0.05, 0.1) is 0 Å². The highest BCUT2D eigenvalue weighted by atomic mass is 15.2. The van der Waals surface area contributed by atoms with Crippen LogP contribution in [0.4, 0.5) is 0 Å². The van der Waals surface area contributed by atoms with Crippen molar-refractivity contribution in [3.8, 4) is 0 Å². The third-order valence-electron chi connectivity index (χ3n) is 2.49. The Labute approximate surface area is 70.2 Å². The summed E-state index contributed by atoms with van der Waals surface area (Å²) in [6.45, 7) is 9.52. The summed E-state index contributed by atoms with van der Waals surface area (Å²) in [6.07, 6.45) is 0. The van der Waals surface area contributed by atoms with E-state index >= 15 is 0 Å². The smallest absolute Gasteiger partial charge is 0.00571 e. The Morgan fingerprint density at radius 2 is 2.00 bits per heavy atom. The lowest BCUT2D eigenvalue weighted by molar-refractivity contribution is 0.0133. The summed E-state index contributed by atoms with van der Waals surface area (Å²) in [5.41, 5.74) is 0.569. The molecule has 0 aromatic heterocycles. The Morgan fingerprint density at radius 3 is 2.36 bits per heavy atom. The zero-order valence-electron chi connectivity index (χ0n) is 8.22. The summed E-state index contributed by atoms with van der Waals surface area (Å²) in [5, 5.41) is 0. The summed E-state index contributed by atoms with van der Waals surface area (Å²) >= 11 is 0. The van der Waals surface area contributed by atoms with Crippen LogP contribution in [-0.2, 0) is 0 Å². The number of nitrogens with zero attached hydrogens (tertiary/aromatic N) is 2. The molecule has 1 heterocycles. The maximum absolute atomic E-state index is 2.40. The van der Waals surface area contributed by atoms with Gasteiger partial charge >= 0.3 is 0 Å². The van der Waals surface area contributed by atoms with Gasteiger partial charge in [0.1, 0.15) is 0 Å². The summed E-state index contributed by atoms with van der Waals surface area (Å²) < 4.78 is 0. The van der Waals surface area contributed by atoms with Crippen LogP contribution < -0.4 is 0 Å². The largest absolute Gasteiger partial charge is 0.306 e. The molecule has 0 bridgehead atoms. The molecule has 0 aromatic rings.